The number of H-pyrrole nitrogens is 1. The highest BCUT2D eigenvalue weighted by molar-refractivity contribution is 7.80. The third-order valence-corrected chi connectivity index (χ3v) is 4.59. The molecule has 0 bridgehead atoms. The van der Waals surface area contributed by atoms with Crippen LogP contribution in [-0.4, -0.2) is 33.3 Å². The summed E-state index contributed by atoms with van der Waals surface area (Å²) in [6.45, 7) is 1.17. The molecule has 0 aliphatic rings. The second-order valence-electron chi connectivity index (χ2n) is 6.03. The van der Waals surface area contributed by atoms with E-state index in [9.17, 15) is 14.9 Å². The van der Waals surface area contributed by atoms with Crippen LogP contribution in [0.3, 0.4) is 0 Å². The van der Waals surface area contributed by atoms with Crippen LogP contribution < -0.4 is 21.5 Å². The molecule has 1 heterocycles. The van der Waals surface area contributed by atoms with Crippen LogP contribution in [0.2, 0.25) is 5.02 Å². The minimum atomic E-state index is -0.551. The number of nitro benzene ring substituents is 1. The lowest BCUT2D eigenvalue weighted by atomic mass is 10.2. The van der Waals surface area contributed by atoms with Crippen molar-refractivity contribution in [2.45, 2.75) is 6.42 Å². The molecule has 29 heavy (non-hydrogen) atoms. The molecule has 0 spiro atoms. The first-order valence-electron chi connectivity index (χ1n) is 8.66. The molecule has 0 aliphatic heterocycles. The van der Waals surface area contributed by atoms with Crippen LogP contribution in [0.5, 0.6) is 0 Å². The fourth-order valence-corrected chi connectivity index (χ4v) is 3.06. The number of anilines is 2. The van der Waals surface area contributed by atoms with E-state index >= 15 is 0 Å². The monoisotopic (exact) mass is 432 g/mol. The van der Waals surface area contributed by atoms with Crippen molar-refractivity contribution in [3.05, 3.63) is 68.0 Å². The topological polar surface area (TPSA) is 125 Å². The van der Waals surface area contributed by atoms with Gasteiger partial charge < -0.3 is 16.0 Å². The molecule has 0 aliphatic carbocycles. The second-order valence-corrected chi connectivity index (χ2v) is 6.85. The molecule has 2 aromatic carbocycles. The van der Waals surface area contributed by atoms with Gasteiger partial charge in [0.15, 0.2) is 10.9 Å². The molecule has 0 saturated carbocycles. The Morgan fingerprint density at radius 3 is 2.72 bits per heavy atom. The third-order valence-electron chi connectivity index (χ3n) is 4.03. The number of hydrogen-bond donors (Lipinski definition) is 4. The van der Waals surface area contributed by atoms with E-state index in [-0.39, 0.29) is 16.3 Å². The summed E-state index contributed by atoms with van der Waals surface area (Å²) in [7, 11) is 0. The van der Waals surface area contributed by atoms with E-state index < -0.39 is 4.92 Å². The molecule has 3 rings (SSSR count). The van der Waals surface area contributed by atoms with Crippen LogP contribution in [0.1, 0.15) is 6.42 Å². The average molecular weight is 433 g/mol. The van der Waals surface area contributed by atoms with Crippen LogP contribution in [0.25, 0.3) is 10.8 Å². The predicted octanol–water partition coefficient (Wildman–Crippen LogP) is 3.27. The lowest BCUT2D eigenvalue weighted by Crippen LogP contribution is -2.30. The van der Waals surface area contributed by atoms with E-state index in [1.807, 2.05) is 12.1 Å². The lowest BCUT2D eigenvalue weighted by Gasteiger charge is -2.11. The van der Waals surface area contributed by atoms with Gasteiger partial charge in [-0.3, -0.25) is 14.9 Å². The van der Waals surface area contributed by atoms with Crippen molar-refractivity contribution in [3.63, 3.8) is 0 Å². The highest BCUT2D eigenvalue weighted by atomic mass is 35.5. The van der Waals surface area contributed by atoms with Crippen molar-refractivity contribution < 1.29 is 4.92 Å². The zero-order chi connectivity index (χ0) is 20.8. The summed E-state index contributed by atoms with van der Waals surface area (Å²) in [6, 6.07) is 11.6. The zero-order valence-electron chi connectivity index (χ0n) is 15.1. The maximum atomic E-state index is 11.8. The van der Waals surface area contributed by atoms with Gasteiger partial charge in [-0.05, 0) is 36.8 Å². The Morgan fingerprint density at radius 2 is 1.97 bits per heavy atom. The second kappa shape index (κ2) is 9.30. The number of benzene rings is 2. The number of nitro groups is 1. The summed E-state index contributed by atoms with van der Waals surface area (Å²) in [5.41, 5.74) is 0.0524. The van der Waals surface area contributed by atoms with E-state index in [4.69, 9.17) is 23.8 Å². The Hall–Kier alpha value is -3.24. The van der Waals surface area contributed by atoms with Crippen LogP contribution in [-0.2, 0) is 0 Å². The van der Waals surface area contributed by atoms with Crippen LogP contribution in [0, 0.1) is 10.1 Å². The molecule has 0 radical (unpaired) electrons. The fraction of sp³-hybridized carbons (Fsp3) is 0.167. The largest absolute Gasteiger partial charge is 0.368 e. The molecule has 0 atom stereocenters. The quantitative estimate of drug-likeness (QED) is 0.194. The van der Waals surface area contributed by atoms with E-state index in [2.05, 4.69) is 26.1 Å². The first-order chi connectivity index (χ1) is 14.0. The number of fused-ring (bicyclic) bond motifs is 1. The van der Waals surface area contributed by atoms with Gasteiger partial charge in [-0.1, -0.05) is 29.8 Å². The van der Waals surface area contributed by atoms with Crippen LogP contribution in [0.4, 0.5) is 17.2 Å². The molecule has 4 N–H and O–H groups in total. The number of nitrogens with zero attached hydrogens (tertiary/aromatic N) is 2. The molecular formula is C18H17ClN6O3S. The first kappa shape index (κ1) is 20.5. The van der Waals surface area contributed by atoms with Crippen molar-refractivity contribution in [3.8, 4) is 0 Å². The van der Waals surface area contributed by atoms with E-state index in [1.54, 1.807) is 18.2 Å². The molecule has 9 nitrogen and oxygen atoms in total. The van der Waals surface area contributed by atoms with Crippen molar-refractivity contribution in [1.82, 2.24) is 15.5 Å². The lowest BCUT2D eigenvalue weighted by molar-refractivity contribution is -0.384. The van der Waals surface area contributed by atoms with Gasteiger partial charge in [0.25, 0.3) is 11.2 Å². The number of hydrogen-bond acceptors (Lipinski definition) is 6. The molecular weight excluding hydrogens is 416 g/mol. The molecule has 0 fully saturated rings. The zero-order valence-corrected chi connectivity index (χ0v) is 16.6. The Balaban J connectivity index is 1.47. The summed E-state index contributed by atoms with van der Waals surface area (Å²) in [5, 5.41) is 28.3. The van der Waals surface area contributed by atoms with Gasteiger partial charge in [-0.25, -0.2) is 5.10 Å². The third kappa shape index (κ3) is 5.18. The summed E-state index contributed by atoms with van der Waals surface area (Å²) >= 11 is 11.0. The molecule has 1 aromatic heterocycles. The number of aromatic nitrogens is 2. The van der Waals surface area contributed by atoms with Crippen LogP contribution in [0.15, 0.2) is 47.3 Å². The van der Waals surface area contributed by atoms with Gasteiger partial charge in [0.1, 0.15) is 5.02 Å². The number of nitrogens with one attached hydrogen (secondary N) is 4. The van der Waals surface area contributed by atoms with E-state index in [1.165, 1.54) is 12.1 Å². The maximum Gasteiger partial charge on any atom is 0.289 e. The van der Waals surface area contributed by atoms with Gasteiger partial charge in [0.2, 0.25) is 0 Å². The average Bonchev–Trinajstić information content (AvgIpc) is 2.71. The van der Waals surface area contributed by atoms with Crippen molar-refractivity contribution in [2.75, 3.05) is 23.7 Å². The molecule has 0 saturated heterocycles. The van der Waals surface area contributed by atoms with Gasteiger partial charge in [-0.2, -0.15) is 5.10 Å². The molecule has 11 heteroatoms. The van der Waals surface area contributed by atoms with Crippen LogP contribution >= 0.6 is 23.8 Å². The predicted molar refractivity (Wildman–Crippen MR) is 118 cm³/mol. The van der Waals surface area contributed by atoms with Crippen molar-refractivity contribution in [2.24, 2.45) is 0 Å². The smallest absolute Gasteiger partial charge is 0.289 e. The van der Waals surface area contributed by atoms with Gasteiger partial charge in [0, 0.05) is 30.2 Å². The van der Waals surface area contributed by atoms with E-state index in [0.29, 0.717) is 35.1 Å². The highest BCUT2D eigenvalue weighted by Gasteiger charge is 2.13. The fourth-order valence-electron chi connectivity index (χ4n) is 2.65. The summed E-state index contributed by atoms with van der Waals surface area (Å²) in [6.07, 6.45) is 0.720. The van der Waals surface area contributed by atoms with Crippen molar-refractivity contribution in [1.29, 1.82) is 0 Å². The summed E-state index contributed by atoms with van der Waals surface area (Å²) < 4.78 is 0. The molecule has 0 amide bonds. The van der Waals surface area contributed by atoms with Gasteiger partial charge in [0.05, 0.1) is 10.3 Å². The summed E-state index contributed by atoms with van der Waals surface area (Å²) in [4.78, 5) is 22.2. The van der Waals surface area contributed by atoms with Crippen molar-refractivity contribution >= 4 is 56.9 Å². The minimum Gasteiger partial charge on any atom is -0.368 e. The van der Waals surface area contributed by atoms with Gasteiger partial charge >= 0.3 is 0 Å². The number of halogens is 1. The number of rotatable bonds is 7. The van der Waals surface area contributed by atoms with Gasteiger partial charge in [-0.15, -0.1) is 0 Å². The summed E-state index contributed by atoms with van der Waals surface area (Å²) in [5.74, 6) is 0.606. The normalized spacial score (nSPS) is 10.5. The Kier molecular flexibility index (Phi) is 6.57. The standard InChI is InChI=1S/C18H17ClN6O3S/c19-14-7-6-11(10-15(14)25(27)28)22-18(29)21-9-3-8-20-16-12-4-1-2-5-13(12)17(26)24-23-16/h1-2,4-7,10H,3,8-9H2,(H,20,23)(H,24,26)(H2,21,22,29). The first-order valence-corrected chi connectivity index (χ1v) is 9.44. The molecule has 150 valence electrons. The molecule has 3 aromatic rings. The number of aromatic amines is 1. The van der Waals surface area contributed by atoms with E-state index in [0.717, 1.165) is 11.8 Å². The maximum absolute atomic E-state index is 11.8. The minimum absolute atomic E-state index is 0.0638. The number of thiocarbonyl (C=S) groups is 1. The Labute approximate surface area is 175 Å². The Bertz CT molecular complexity index is 1120. The Morgan fingerprint density at radius 1 is 1.21 bits per heavy atom. The highest BCUT2D eigenvalue weighted by Crippen LogP contribution is 2.27. The SMILES string of the molecule is O=c1[nH]nc(NCCCNC(=S)Nc2ccc(Cl)c([N+](=O)[O-])c2)c2ccccc12. The molecule has 0 unspecified atom stereocenters.